The van der Waals surface area contributed by atoms with Crippen molar-refractivity contribution in [3.8, 4) is 0 Å². The second kappa shape index (κ2) is 8.37. The Kier molecular flexibility index (Phi) is 6.45. The lowest BCUT2D eigenvalue weighted by Gasteiger charge is -2.39. The molecule has 138 valence electrons. The number of carbonyl (C=O) groups excluding carboxylic acids is 2. The van der Waals surface area contributed by atoms with Crippen molar-refractivity contribution in [3.63, 3.8) is 0 Å². The maximum atomic E-state index is 12.2. The molecule has 0 bridgehead atoms. The minimum absolute atomic E-state index is 0.191. The number of urea groups is 1. The highest BCUT2D eigenvalue weighted by molar-refractivity contribution is 5.92. The molecule has 0 spiro atoms. The largest absolute Gasteiger partial charge is 0.465 e. The van der Waals surface area contributed by atoms with Crippen LogP contribution in [-0.2, 0) is 4.74 Å². The van der Waals surface area contributed by atoms with Crippen LogP contribution in [0, 0.1) is 11.3 Å². The van der Waals surface area contributed by atoms with Crippen LogP contribution in [0.3, 0.4) is 0 Å². The lowest BCUT2D eigenvalue weighted by Crippen LogP contribution is -2.41. The van der Waals surface area contributed by atoms with Gasteiger partial charge in [-0.3, -0.25) is 0 Å². The number of benzene rings is 1. The molecule has 0 aliphatic heterocycles. The predicted octanol–water partition coefficient (Wildman–Crippen LogP) is 4.59. The summed E-state index contributed by atoms with van der Waals surface area (Å²) in [6.07, 6.45) is 5.59. The molecule has 5 heteroatoms. The van der Waals surface area contributed by atoms with Crippen LogP contribution < -0.4 is 10.6 Å². The zero-order chi connectivity index (χ0) is 18.4. The zero-order valence-electron chi connectivity index (χ0n) is 15.7. The summed E-state index contributed by atoms with van der Waals surface area (Å²) < 4.78 is 4.66. The number of anilines is 1. The number of methoxy groups -OCH3 is 1. The van der Waals surface area contributed by atoms with Crippen LogP contribution in [0.4, 0.5) is 10.5 Å². The quantitative estimate of drug-likeness (QED) is 0.766. The van der Waals surface area contributed by atoms with Crippen LogP contribution in [0.2, 0.25) is 0 Å². The molecule has 2 rings (SSSR count). The Labute approximate surface area is 150 Å². The van der Waals surface area contributed by atoms with Crippen LogP contribution in [0.5, 0.6) is 0 Å². The minimum atomic E-state index is -0.386. The normalized spacial score (nSPS) is 20.6. The Balaban J connectivity index is 1.80. The van der Waals surface area contributed by atoms with E-state index in [0.717, 1.165) is 18.8 Å². The highest BCUT2D eigenvalue weighted by atomic mass is 16.5. The second-order valence-corrected chi connectivity index (χ2v) is 7.56. The van der Waals surface area contributed by atoms with E-state index in [2.05, 4.69) is 36.1 Å². The summed E-state index contributed by atoms with van der Waals surface area (Å²) in [6.45, 7) is 6.94. The first kappa shape index (κ1) is 19.3. The van der Waals surface area contributed by atoms with Crippen molar-refractivity contribution < 1.29 is 14.3 Å². The van der Waals surface area contributed by atoms with E-state index in [1.807, 2.05) is 0 Å². The third-order valence-electron chi connectivity index (χ3n) is 5.64. The molecule has 0 saturated heterocycles. The molecule has 1 saturated carbocycles. The van der Waals surface area contributed by atoms with Gasteiger partial charge in [-0.05, 0) is 61.3 Å². The van der Waals surface area contributed by atoms with E-state index in [1.165, 1.54) is 26.4 Å². The summed E-state index contributed by atoms with van der Waals surface area (Å²) in [5, 5.41) is 5.89. The van der Waals surface area contributed by atoms with Crippen molar-refractivity contribution in [2.75, 3.05) is 12.4 Å². The number of carbonyl (C=O) groups is 2. The van der Waals surface area contributed by atoms with E-state index in [0.29, 0.717) is 16.7 Å². The van der Waals surface area contributed by atoms with Crippen molar-refractivity contribution in [1.82, 2.24) is 5.32 Å². The van der Waals surface area contributed by atoms with Crippen LogP contribution in [0.25, 0.3) is 0 Å². The molecule has 0 radical (unpaired) electrons. The summed E-state index contributed by atoms with van der Waals surface area (Å²) in [5.41, 5.74) is 1.51. The first-order chi connectivity index (χ1) is 11.9. The van der Waals surface area contributed by atoms with Gasteiger partial charge < -0.3 is 15.4 Å². The topological polar surface area (TPSA) is 67.4 Å². The van der Waals surface area contributed by atoms with Crippen molar-refractivity contribution in [1.29, 1.82) is 0 Å². The van der Waals surface area contributed by atoms with Gasteiger partial charge in [-0.25, -0.2) is 9.59 Å². The molecule has 1 aromatic rings. The number of amides is 2. The number of ether oxygens (including phenoxy) is 1. The fourth-order valence-corrected chi connectivity index (χ4v) is 3.47. The summed E-state index contributed by atoms with van der Waals surface area (Å²) in [5.74, 6) is 0.354. The monoisotopic (exact) mass is 346 g/mol. The molecule has 0 unspecified atom stereocenters. The molecule has 5 nitrogen and oxygen atoms in total. The number of nitrogens with one attached hydrogen (secondary N) is 2. The summed E-state index contributed by atoms with van der Waals surface area (Å²) in [7, 11) is 1.35. The Morgan fingerprint density at radius 3 is 2.24 bits per heavy atom. The van der Waals surface area contributed by atoms with Crippen molar-refractivity contribution in [3.05, 3.63) is 29.8 Å². The molecule has 1 aliphatic rings. The molecule has 25 heavy (non-hydrogen) atoms. The van der Waals surface area contributed by atoms with E-state index in [4.69, 9.17) is 0 Å². The SMILES string of the molecule is CCC(C)(C)C1CCC(NC(=O)Nc2ccc(C(=O)OC)cc2)CC1. The molecule has 0 aromatic heterocycles. The number of hydrogen-bond donors (Lipinski definition) is 2. The molecule has 1 aliphatic carbocycles. The third kappa shape index (κ3) is 5.21. The standard InChI is InChI=1S/C20H30N2O3/c1-5-20(2,3)15-8-12-17(13-9-15)22-19(24)21-16-10-6-14(7-11-16)18(23)25-4/h6-7,10-11,15,17H,5,8-9,12-13H2,1-4H3,(H2,21,22,24). The molecule has 0 atom stereocenters. The first-order valence-corrected chi connectivity index (χ1v) is 9.11. The maximum absolute atomic E-state index is 12.2. The van der Waals surface area contributed by atoms with Crippen molar-refractivity contribution >= 4 is 17.7 Å². The molecule has 1 aromatic carbocycles. The smallest absolute Gasteiger partial charge is 0.337 e. The van der Waals surface area contributed by atoms with Crippen LogP contribution >= 0.6 is 0 Å². The summed E-state index contributed by atoms with van der Waals surface area (Å²) >= 11 is 0. The first-order valence-electron chi connectivity index (χ1n) is 9.11. The highest BCUT2D eigenvalue weighted by Crippen LogP contribution is 2.40. The van der Waals surface area contributed by atoms with E-state index in [9.17, 15) is 9.59 Å². The van der Waals surface area contributed by atoms with Gasteiger partial charge in [0.1, 0.15) is 0 Å². The van der Waals surface area contributed by atoms with E-state index >= 15 is 0 Å². The van der Waals surface area contributed by atoms with Gasteiger partial charge in [-0.1, -0.05) is 27.2 Å². The predicted molar refractivity (Wildman–Crippen MR) is 99.8 cm³/mol. The van der Waals surface area contributed by atoms with Gasteiger partial charge in [0, 0.05) is 11.7 Å². The zero-order valence-corrected chi connectivity index (χ0v) is 15.7. The Morgan fingerprint density at radius 2 is 1.72 bits per heavy atom. The van der Waals surface area contributed by atoms with Crippen LogP contribution in [0.1, 0.15) is 63.2 Å². The molecule has 0 heterocycles. The lowest BCUT2D eigenvalue weighted by atomic mass is 9.69. The molecular weight excluding hydrogens is 316 g/mol. The minimum Gasteiger partial charge on any atom is -0.465 e. The number of rotatable bonds is 5. The maximum Gasteiger partial charge on any atom is 0.337 e. The van der Waals surface area contributed by atoms with Gasteiger partial charge in [0.15, 0.2) is 0 Å². The number of esters is 1. The van der Waals surface area contributed by atoms with Gasteiger partial charge in [0.25, 0.3) is 0 Å². The second-order valence-electron chi connectivity index (χ2n) is 7.56. The Morgan fingerprint density at radius 1 is 1.12 bits per heavy atom. The molecule has 1 fully saturated rings. The van der Waals surface area contributed by atoms with Crippen LogP contribution in [-0.4, -0.2) is 25.2 Å². The van der Waals surface area contributed by atoms with Crippen LogP contribution in [0.15, 0.2) is 24.3 Å². The van der Waals surface area contributed by atoms with E-state index in [1.54, 1.807) is 24.3 Å². The average molecular weight is 346 g/mol. The molecular formula is C20H30N2O3. The summed E-state index contributed by atoms with van der Waals surface area (Å²) in [6, 6.07) is 6.72. The van der Waals surface area contributed by atoms with Gasteiger partial charge >= 0.3 is 12.0 Å². The molecule has 2 N–H and O–H groups in total. The number of hydrogen-bond acceptors (Lipinski definition) is 3. The third-order valence-corrected chi connectivity index (χ3v) is 5.64. The van der Waals surface area contributed by atoms with E-state index in [-0.39, 0.29) is 18.0 Å². The average Bonchev–Trinajstić information content (AvgIpc) is 2.62. The van der Waals surface area contributed by atoms with Gasteiger partial charge in [0.05, 0.1) is 12.7 Å². The van der Waals surface area contributed by atoms with Gasteiger partial charge in [-0.15, -0.1) is 0 Å². The van der Waals surface area contributed by atoms with E-state index < -0.39 is 0 Å². The van der Waals surface area contributed by atoms with Crippen molar-refractivity contribution in [2.24, 2.45) is 11.3 Å². The fourth-order valence-electron chi connectivity index (χ4n) is 3.47. The molecule has 2 amide bonds. The Bertz CT molecular complexity index is 587. The fraction of sp³-hybridized carbons (Fsp3) is 0.600. The van der Waals surface area contributed by atoms with Gasteiger partial charge in [-0.2, -0.15) is 0 Å². The summed E-state index contributed by atoms with van der Waals surface area (Å²) in [4.78, 5) is 23.6. The lowest BCUT2D eigenvalue weighted by molar-refractivity contribution is 0.0600. The highest BCUT2D eigenvalue weighted by Gasteiger charge is 2.32. The Hall–Kier alpha value is -2.04. The van der Waals surface area contributed by atoms with Crippen molar-refractivity contribution in [2.45, 2.75) is 58.9 Å². The van der Waals surface area contributed by atoms with Gasteiger partial charge in [0.2, 0.25) is 0 Å².